The first-order valence-corrected chi connectivity index (χ1v) is 4.79. The Bertz CT molecular complexity index is 602. The highest BCUT2D eigenvalue weighted by atomic mass is 16.3. The van der Waals surface area contributed by atoms with E-state index in [0.717, 1.165) is 16.7 Å². The highest BCUT2D eigenvalue weighted by Crippen LogP contribution is 2.16. The second kappa shape index (κ2) is 4.07. The number of nitrogens with two attached hydrogens (primary N) is 1. The van der Waals surface area contributed by atoms with Gasteiger partial charge in [-0.3, -0.25) is 4.79 Å². The average Bonchev–Trinajstić information content (AvgIpc) is 2.56. The van der Waals surface area contributed by atoms with E-state index in [1.165, 1.54) is 0 Å². The molecule has 1 amide bonds. The van der Waals surface area contributed by atoms with E-state index in [1.54, 1.807) is 6.92 Å². The van der Waals surface area contributed by atoms with Gasteiger partial charge in [-0.05, 0) is 18.2 Å². The summed E-state index contributed by atoms with van der Waals surface area (Å²) < 4.78 is 5.33. The molecule has 0 unspecified atom stereocenters. The summed E-state index contributed by atoms with van der Waals surface area (Å²) in [6.07, 6.45) is 0.0654. The van der Waals surface area contributed by atoms with E-state index in [2.05, 4.69) is 16.8 Å². The maximum atomic E-state index is 10.5. The molecule has 0 aliphatic carbocycles. The van der Waals surface area contributed by atoms with Crippen molar-refractivity contribution < 1.29 is 9.21 Å². The number of hydrogen-bond donors (Lipinski definition) is 1. The molecule has 1 aromatic carbocycles. The number of aromatic nitrogens is 1. The van der Waals surface area contributed by atoms with Gasteiger partial charge < -0.3 is 10.2 Å². The molecule has 0 saturated carbocycles. The van der Waals surface area contributed by atoms with Gasteiger partial charge in [0.1, 0.15) is 5.52 Å². The van der Waals surface area contributed by atoms with Gasteiger partial charge in [0.2, 0.25) is 5.91 Å². The number of fused-ring (bicyclic) bond motifs is 1. The van der Waals surface area contributed by atoms with Crippen molar-refractivity contribution in [3.8, 4) is 11.8 Å². The fourth-order valence-corrected chi connectivity index (χ4v) is 1.35. The van der Waals surface area contributed by atoms with Crippen LogP contribution in [0.4, 0.5) is 0 Å². The van der Waals surface area contributed by atoms with Gasteiger partial charge in [-0.2, -0.15) is 0 Å². The summed E-state index contributed by atoms with van der Waals surface area (Å²) in [5.74, 6) is 5.73. The standard InChI is InChI=1S/C12H10N2O2/c1-8-14-10-7-9(3-2-4-12(13)15)5-6-11(10)16-8/h5-7H,4H2,1H3,(H2,13,15). The lowest BCUT2D eigenvalue weighted by Gasteiger charge is -1.88. The Balaban J connectivity index is 2.30. The normalized spacial score (nSPS) is 9.81. The quantitative estimate of drug-likeness (QED) is 0.729. The second-order valence-corrected chi connectivity index (χ2v) is 3.36. The summed E-state index contributed by atoms with van der Waals surface area (Å²) >= 11 is 0. The van der Waals surface area contributed by atoms with Crippen LogP contribution in [0.25, 0.3) is 11.1 Å². The van der Waals surface area contributed by atoms with E-state index < -0.39 is 5.91 Å². The lowest BCUT2D eigenvalue weighted by atomic mass is 10.2. The summed E-state index contributed by atoms with van der Waals surface area (Å²) in [5, 5.41) is 0. The van der Waals surface area contributed by atoms with Gasteiger partial charge in [0.05, 0.1) is 6.42 Å². The zero-order chi connectivity index (χ0) is 11.5. The summed E-state index contributed by atoms with van der Waals surface area (Å²) in [4.78, 5) is 14.7. The van der Waals surface area contributed by atoms with Crippen molar-refractivity contribution in [2.75, 3.05) is 0 Å². The molecule has 0 radical (unpaired) electrons. The summed E-state index contributed by atoms with van der Waals surface area (Å²) in [5.41, 5.74) is 7.28. The van der Waals surface area contributed by atoms with Crippen LogP contribution in [-0.2, 0) is 4.79 Å². The van der Waals surface area contributed by atoms with Crippen molar-refractivity contribution in [3.05, 3.63) is 29.7 Å². The predicted octanol–water partition coefficient (Wildman–Crippen LogP) is 1.36. The molecule has 4 heteroatoms. The average molecular weight is 214 g/mol. The SMILES string of the molecule is Cc1nc2cc(C#CCC(N)=O)ccc2o1. The molecular formula is C12H10N2O2. The van der Waals surface area contributed by atoms with Crippen molar-refractivity contribution in [1.29, 1.82) is 0 Å². The van der Waals surface area contributed by atoms with Gasteiger partial charge in [0.25, 0.3) is 0 Å². The molecule has 0 fully saturated rings. The minimum Gasteiger partial charge on any atom is -0.441 e. The maximum Gasteiger partial charge on any atom is 0.229 e. The first-order chi connectivity index (χ1) is 7.65. The van der Waals surface area contributed by atoms with Crippen LogP contribution in [0.15, 0.2) is 22.6 Å². The first-order valence-electron chi connectivity index (χ1n) is 4.79. The van der Waals surface area contributed by atoms with Crippen molar-refractivity contribution >= 4 is 17.0 Å². The van der Waals surface area contributed by atoms with E-state index in [0.29, 0.717) is 5.89 Å². The number of amides is 1. The number of hydrogen-bond acceptors (Lipinski definition) is 3. The lowest BCUT2D eigenvalue weighted by Crippen LogP contribution is -2.08. The monoisotopic (exact) mass is 214 g/mol. The van der Waals surface area contributed by atoms with Crippen LogP contribution in [0, 0.1) is 18.8 Å². The largest absolute Gasteiger partial charge is 0.441 e. The molecule has 2 N–H and O–H groups in total. The molecule has 16 heavy (non-hydrogen) atoms. The van der Waals surface area contributed by atoms with E-state index >= 15 is 0 Å². The third-order valence-electron chi connectivity index (χ3n) is 1.99. The molecule has 80 valence electrons. The van der Waals surface area contributed by atoms with Crippen LogP contribution in [0.5, 0.6) is 0 Å². The summed E-state index contributed by atoms with van der Waals surface area (Å²) in [7, 11) is 0. The van der Waals surface area contributed by atoms with Crippen molar-refractivity contribution in [2.24, 2.45) is 5.73 Å². The number of carbonyl (C=O) groups excluding carboxylic acids is 1. The molecule has 2 rings (SSSR count). The summed E-state index contributed by atoms with van der Waals surface area (Å²) in [6, 6.07) is 5.45. The molecule has 0 aliphatic heterocycles. The Hall–Kier alpha value is -2.28. The molecule has 1 aromatic heterocycles. The number of benzene rings is 1. The topological polar surface area (TPSA) is 69.1 Å². The van der Waals surface area contributed by atoms with Crippen molar-refractivity contribution in [1.82, 2.24) is 4.98 Å². The molecule has 2 aromatic rings. The van der Waals surface area contributed by atoms with Gasteiger partial charge >= 0.3 is 0 Å². The lowest BCUT2D eigenvalue weighted by molar-refractivity contribution is -0.117. The Morgan fingerprint density at radius 2 is 2.38 bits per heavy atom. The number of rotatable bonds is 1. The number of primary amides is 1. The third kappa shape index (κ3) is 2.20. The fourth-order valence-electron chi connectivity index (χ4n) is 1.35. The molecule has 0 spiro atoms. The summed E-state index contributed by atoms with van der Waals surface area (Å²) in [6.45, 7) is 1.79. The highest BCUT2D eigenvalue weighted by Gasteiger charge is 2.01. The van der Waals surface area contributed by atoms with Crippen LogP contribution < -0.4 is 5.73 Å². The smallest absolute Gasteiger partial charge is 0.229 e. The van der Waals surface area contributed by atoms with E-state index in [-0.39, 0.29) is 6.42 Å². The predicted molar refractivity (Wildman–Crippen MR) is 59.4 cm³/mol. The molecular weight excluding hydrogens is 204 g/mol. The van der Waals surface area contributed by atoms with Crippen LogP contribution in [0.1, 0.15) is 17.9 Å². The molecule has 0 aliphatic rings. The Morgan fingerprint density at radius 3 is 3.12 bits per heavy atom. The minimum atomic E-state index is -0.425. The van der Waals surface area contributed by atoms with E-state index in [1.807, 2.05) is 18.2 Å². The minimum absolute atomic E-state index is 0.0654. The fraction of sp³-hybridized carbons (Fsp3) is 0.167. The maximum absolute atomic E-state index is 10.5. The van der Waals surface area contributed by atoms with Gasteiger partial charge in [-0.15, -0.1) is 0 Å². The van der Waals surface area contributed by atoms with E-state index in [4.69, 9.17) is 10.2 Å². The molecule has 0 saturated heterocycles. The Labute approximate surface area is 92.5 Å². The van der Waals surface area contributed by atoms with Crippen molar-refractivity contribution in [3.63, 3.8) is 0 Å². The van der Waals surface area contributed by atoms with Gasteiger partial charge in [0, 0.05) is 12.5 Å². The van der Waals surface area contributed by atoms with Gasteiger partial charge in [-0.25, -0.2) is 4.98 Å². The first kappa shape index (κ1) is 10.2. The second-order valence-electron chi connectivity index (χ2n) is 3.36. The molecule has 0 bridgehead atoms. The molecule has 0 atom stereocenters. The zero-order valence-electron chi connectivity index (χ0n) is 8.78. The molecule has 1 heterocycles. The third-order valence-corrected chi connectivity index (χ3v) is 1.99. The Morgan fingerprint density at radius 1 is 1.56 bits per heavy atom. The van der Waals surface area contributed by atoms with Crippen LogP contribution >= 0.6 is 0 Å². The number of aryl methyl sites for hydroxylation is 1. The van der Waals surface area contributed by atoms with Crippen LogP contribution in [0.2, 0.25) is 0 Å². The Kier molecular flexibility index (Phi) is 2.61. The number of nitrogens with zero attached hydrogens (tertiary/aromatic N) is 1. The van der Waals surface area contributed by atoms with Crippen LogP contribution in [-0.4, -0.2) is 10.9 Å². The van der Waals surface area contributed by atoms with Crippen molar-refractivity contribution in [2.45, 2.75) is 13.3 Å². The van der Waals surface area contributed by atoms with Gasteiger partial charge in [0.15, 0.2) is 11.5 Å². The van der Waals surface area contributed by atoms with Crippen LogP contribution in [0.3, 0.4) is 0 Å². The number of carbonyl (C=O) groups is 1. The van der Waals surface area contributed by atoms with Gasteiger partial charge in [-0.1, -0.05) is 11.8 Å². The number of oxazole rings is 1. The zero-order valence-corrected chi connectivity index (χ0v) is 8.78. The van der Waals surface area contributed by atoms with E-state index in [9.17, 15) is 4.79 Å². The highest BCUT2D eigenvalue weighted by molar-refractivity contribution is 5.77. The molecule has 4 nitrogen and oxygen atoms in total.